The lowest BCUT2D eigenvalue weighted by atomic mass is 10.2. The normalized spacial score (nSPS) is 26.1. The minimum Gasteiger partial charge on any atom is -0.376 e. The van der Waals surface area contributed by atoms with Gasteiger partial charge >= 0.3 is 8.60 Å². The van der Waals surface area contributed by atoms with Crippen molar-refractivity contribution in [3.63, 3.8) is 0 Å². The molecule has 0 aromatic rings. The van der Waals surface area contributed by atoms with Gasteiger partial charge in [0.25, 0.3) is 0 Å². The van der Waals surface area contributed by atoms with Gasteiger partial charge in [0.1, 0.15) is 0 Å². The van der Waals surface area contributed by atoms with Crippen LogP contribution in [-0.4, -0.2) is 29.1 Å². The van der Waals surface area contributed by atoms with Gasteiger partial charge in [-0.2, -0.15) is 0 Å². The van der Waals surface area contributed by atoms with Gasteiger partial charge in [-0.25, -0.2) is 0 Å². The van der Waals surface area contributed by atoms with E-state index in [1.165, 1.54) is 0 Å². The highest BCUT2D eigenvalue weighted by Gasteiger charge is 2.16. The predicted octanol–water partition coefficient (Wildman–Crippen LogP) is 0.393. The lowest BCUT2D eigenvalue weighted by molar-refractivity contribution is 0.0630. The first-order valence-electron chi connectivity index (χ1n) is 3.21. The lowest BCUT2D eigenvalue weighted by Gasteiger charge is -2.08. The van der Waals surface area contributed by atoms with Crippen LogP contribution in [0.2, 0.25) is 0 Å². The van der Waals surface area contributed by atoms with Crippen molar-refractivity contribution in [1.29, 1.82) is 0 Å². The molecule has 0 spiro atoms. The molecule has 1 rings (SSSR count). The van der Waals surface area contributed by atoms with Crippen LogP contribution in [0.1, 0.15) is 12.8 Å². The second-order valence-electron chi connectivity index (χ2n) is 2.18. The summed E-state index contributed by atoms with van der Waals surface area (Å²) in [5.74, 6) is 0. The monoisotopic (exact) mass is 166 g/mol. The van der Waals surface area contributed by atoms with Crippen molar-refractivity contribution < 1.29 is 19.0 Å². The second kappa shape index (κ2) is 4.21. The summed E-state index contributed by atoms with van der Waals surface area (Å²) in [7, 11) is -2.20. The topological polar surface area (TPSA) is 58.9 Å². The Kier molecular flexibility index (Phi) is 3.52. The number of ether oxygens (including phenoxy) is 1. The molecule has 0 aromatic carbocycles. The molecule has 0 unspecified atom stereocenters. The third-order valence-corrected chi connectivity index (χ3v) is 1.78. The van der Waals surface area contributed by atoms with E-state index in [1.54, 1.807) is 0 Å². The van der Waals surface area contributed by atoms with Crippen molar-refractivity contribution in [1.82, 2.24) is 0 Å². The molecule has 1 heterocycles. The number of hydrogen-bond donors (Lipinski definition) is 2. The van der Waals surface area contributed by atoms with Crippen LogP contribution in [0.25, 0.3) is 0 Å². The van der Waals surface area contributed by atoms with E-state index in [1.807, 2.05) is 0 Å². The molecule has 1 aliphatic heterocycles. The van der Waals surface area contributed by atoms with Crippen molar-refractivity contribution in [2.75, 3.05) is 13.2 Å². The van der Waals surface area contributed by atoms with Gasteiger partial charge in [-0.3, -0.25) is 0 Å². The van der Waals surface area contributed by atoms with Crippen LogP contribution in [0.3, 0.4) is 0 Å². The molecule has 5 heteroatoms. The van der Waals surface area contributed by atoms with Crippen molar-refractivity contribution in [2.45, 2.75) is 18.9 Å². The van der Waals surface area contributed by atoms with Crippen LogP contribution in [0, 0.1) is 0 Å². The fourth-order valence-corrected chi connectivity index (χ4v) is 1.23. The summed E-state index contributed by atoms with van der Waals surface area (Å²) < 4.78 is 9.74. The molecule has 1 atom stereocenters. The van der Waals surface area contributed by atoms with Crippen LogP contribution < -0.4 is 0 Å². The zero-order chi connectivity index (χ0) is 7.40. The van der Waals surface area contributed by atoms with Gasteiger partial charge < -0.3 is 19.0 Å². The van der Waals surface area contributed by atoms with Crippen LogP contribution in [0.15, 0.2) is 0 Å². The zero-order valence-corrected chi connectivity index (χ0v) is 6.46. The average Bonchev–Trinajstić information content (AvgIpc) is 2.34. The van der Waals surface area contributed by atoms with E-state index >= 15 is 0 Å². The highest BCUT2D eigenvalue weighted by atomic mass is 31.2. The smallest absolute Gasteiger partial charge is 0.327 e. The first-order valence-corrected chi connectivity index (χ1v) is 4.38. The second-order valence-corrected chi connectivity index (χ2v) is 2.95. The highest BCUT2D eigenvalue weighted by molar-refractivity contribution is 7.39. The molecule has 0 aliphatic carbocycles. The Hall–Kier alpha value is 0.270. The SMILES string of the molecule is OP(O)OC[C@@H]1CCCO1. The zero-order valence-electron chi connectivity index (χ0n) is 5.56. The minimum atomic E-state index is -2.20. The summed E-state index contributed by atoms with van der Waals surface area (Å²) in [6, 6.07) is 0. The maximum absolute atomic E-state index is 8.36. The average molecular weight is 166 g/mol. The Balaban J connectivity index is 2.01. The van der Waals surface area contributed by atoms with Crippen LogP contribution in [0.4, 0.5) is 0 Å². The molecule has 4 nitrogen and oxygen atoms in total. The highest BCUT2D eigenvalue weighted by Crippen LogP contribution is 2.26. The molecule has 0 amide bonds. The quantitative estimate of drug-likeness (QED) is 0.595. The summed E-state index contributed by atoms with van der Waals surface area (Å²) in [4.78, 5) is 16.7. The van der Waals surface area contributed by atoms with E-state index in [2.05, 4.69) is 4.52 Å². The fourth-order valence-electron chi connectivity index (χ4n) is 0.926. The minimum absolute atomic E-state index is 0.0734. The standard InChI is InChI=1S/C5H11O4P/c6-10(7)9-4-5-2-1-3-8-5/h5-7H,1-4H2/t5-/m0/s1. The Bertz CT molecular complexity index is 91.6. The maximum atomic E-state index is 8.36. The summed E-state index contributed by atoms with van der Waals surface area (Å²) in [6.07, 6.45) is 2.08. The van der Waals surface area contributed by atoms with Crippen LogP contribution in [0.5, 0.6) is 0 Å². The van der Waals surface area contributed by atoms with E-state index in [-0.39, 0.29) is 6.10 Å². The van der Waals surface area contributed by atoms with Crippen molar-refractivity contribution in [3.8, 4) is 0 Å². The first-order chi connectivity index (χ1) is 4.79. The molecule has 1 fully saturated rings. The Morgan fingerprint density at radius 1 is 1.60 bits per heavy atom. The van der Waals surface area contributed by atoms with Crippen molar-refractivity contribution in [3.05, 3.63) is 0 Å². The molecule has 60 valence electrons. The van der Waals surface area contributed by atoms with Gasteiger partial charge in [0.2, 0.25) is 0 Å². The van der Waals surface area contributed by atoms with Gasteiger partial charge in [-0.15, -0.1) is 0 Å². The van der Waals surface area contributed by atoms with E-state index in [0.29, 0.717) is 6.61 Å². The van der Waals surface area contributed by atoms with E-state index < -0.39 is 8.60 Å². The largest absolute Gasteiger partial charge is 0.376 e. The molecule has 2 N–H and O–H groups in total. The van der Waals surface area contributed by atoms with Gasteiger partial charge in [0, 0.05) is 6.61 Å². The molecular formula is C5H11O4P. The Morgan fingerprint density at radius 2 is 2.40 bits per heavy atom. The molecular weight excluding hydrogens is 155 g/mol. The van der Waals surface area contributed by atoms with Gasteiger partial charge in [0.15, 0.2) is 0 Å². The number of hydrogen-bond acceptors (Lipinski definition) is 4. The Labute approximate surface area is 60.8 Å². The maximum Gasteiger partial charge on any atom is 0.327 e. The molecule has 0 radical (unpaired) electrons. The molecule has 0 bridgehead atoms. The fraction of sp³-hybridized carbons (Fsp3) is 1.00. The van der Waals surface area contributed by atoms with E-state index in [0.717, 1.165) is 19.4 Å². The van der Waals surface area contributed by atoms with Crippen LogP contribution in [-0.2, 0) is 9.26 Å². The molecule has 0 aromatic heterocycles. The molecule has 1 saturated heterocycles. The molecule has 0 saturated carbocycles. The first kappa shape index (κ1) is 8.37. The predicted molar refractivity (Wildman–Crippen MR) is 36.3 cm³/mol. The van der Waals surface area contributed by atoms with Gasteiger partial charge in [-0.1, -0.05) is 0 Å². The Morgan fingerprint density at radius 3 is 2.90 bits per heavy atom. The summed E-state index contributed by atoms with van der Waals surface area (Å²) in [5, 5.41) is 0. The lowest BCUT2D eigenvalue weighted by Crippen LogP contribution is -2.11. The summed E-state index contributed by atoms with van der Waals surface area (Å²) in [5.41, 5.74) is 0. The van der Waals surface area contributed by atoms with Crippen LogP contribution >= 0.6 is 8.60 Å². The summed E-state index contributed by atoms with van der Waals surface area (Å²) >= 11 is 0. The summed E-state index contributed by atoms with van der Waals surface area (Å²) in [6.45, 7) is 1.07. The third-order valence-electron chi connectivity index (χ3n) is 1.40. The van der Waals surface area contributed by atoms with E-state index in [9.17, 15) is 0 Å². The number of rotatable bonds is 3. The van der Waals surface area contributed by atoms with E-state index in [4.69, 9.17) is 14.5 Å². The van der Waals surface area contributed by atoms with Crippen molar-refractivity contribution >= 4 is 8.60 Å². The molecule has 10 heavy (non-hydrogen) atoms. The third kappa shape index (κ3) is 2.90. The van der Waals surface area contributed by atoms with Gasteiger partial charge in [0.05, 0.1) is 12.7 Å². The molecule has 1 aliphatic rings. The van der Waals surface area contributed by atoms with Crippen molar-refractivity contribution in [2.24, 2.45) is 0 Å². The van der Waals surface area contributed by atoms with Gasteiger partial charge in [-0.05, 0) is 12.8 Å².